The smallest absolute Gasteiger partial charge is 0.306 e. The molecule has 0 fully saturated rings. The standard InChI is InChI=1S/C16H15N3O/c1-19-16(20)17-14-10-6-5-9-13(14)15(18-19)11-12-7-3-2-4-8-12/h2-10H,11H2,1H3,(H,17,20). The number of hydrazone groups is 1. The second kappa shape index (κ2) is 5.17. The number of carbonyl (C=O) groups excluding carboxylic acids is 1. The number of urea groups is 1. The Balaban J connectivity index is 2.03. The number of hydrogen-bond acceptors (Lipinski definition) is 2. The maximum Gasteiger partial charge on any atom is 0.342 e. The van der Waals surface area contributed by atoms with Gasteiger partial charge in [-0.2, -0.15) is 5.10 Å². The monoisotopic (exact) mass is 265 g/mol. The Kier molecular flexibility index (Phi) is 3.21. The SMILES string of the molecule is CN1N=C(Cc2ccccc2)c2ccccc2NC1=O. The van der Waals surface area contributed by atoms with E-state index in [1.807, 2.05) is 42.5 Å². The summed E-state index contributed by atoms with van der Waals surface area (Å²) in [6.07, 6.45) is 0.692. The summed E-state index contributed by atoms with van der Waals surface area (Å²) in [5, 5.41) is 8.64. The molecule has 0 unspecified atom stereocenters. The molecule has 4 nitrogen and oxygen atoms in total. The highest BCUT2D eigenvalue weighted by Crippen LogP contribution is 2.21. The van der Waals surface area contributed by atoms with Crippen LogP contribution in [0.3, 0.4) is 0 Å². The van der Waals surface area contributed by atoms with Crippen molar-refractivity contribution >= 4 is 17.4 Å². The lowest BCUT2D eigenvalue weighted by Gasteiger charge is -2.09. The van der Waals surface area contributed by atoms with Gasteiger partial charge in [0.1, 0.15) is 0 Å². The average Bonchev–Trinajstić information content (AvgIpc) is 2.58. The number of carbonyl (C=O) groups is 1. The van der Waals surface area contributed by atoms with Crippen molar-refractivity contribution in [1.29, 1.82) is 0 Å². The van der Waals surface area contributed by atoms with Crippen LogP contribution in [0.1, 0.15) is 11.1 Å². The normalized spacial score (nSPS) is 14.2. The zero-order chi connectivity index (χ0) is 13.9. The van der Waals surface area contributed by atoms with Gasteiger partial charge in [-0.3, -0.25) is 0 Å². The first-order valence-electron chi connectivity index (χ1n) is 6.49. The lowest BCUT2D eigenvalue weighted by Crippen LogP contribution is -2.25. The lowest BCUT2D eigenvalue weighted by atomic mass is 10.0. The summed E-state index contributed by atoms with van der Waals surface area (Å²) in [5.41, 5.74) is 3.82. The van der Waals surface area contributed by atoms with Crippen molar-refractivity contribution in [3.05, 3.63) is 65.7 Å². The van der Waals surface area contributed by atoms with Gasteiger partial charge in [-0.1, -0.05) is 48.5 Å². The van der Waals surface area contributed by atoms with Gasteiger partial charge in [-0.25, -0.2) is 9.80 Å². The molecule has 1 aliphatic heterocycles. The fraction of sp³-hybridized carbons (Fsp3) is 0.125. The highest BCUT2D eigenvalue weighted by molar-refractivity contribution is 6.10. The minimum absolute atomic E-state index is 0.222. The largest absolute Gasteiger partial charge is 0.342 e. The molecule has 4 heteroatoms. The Bertz CT molecular complexity index is 664. The number of para-hydroxylation sites is 1. The molecule has 1 heterocycles. The van der Waals surface area contributed by atoms with E-state index >= 15 is 0 Å². The molecule has 100 valence electrons. The van der Waals surface area contributed by atoms with Gasteiger partial charge in [0.25, 0.3) is 0 Å². The number of nitrogens with one attached hydrogen (secondary N) is 1. The predicted octanol–water partition coefficient (Wildman–Crippen LogP) is 3.11. The minimum atomic E-state index is -0.222. The first kappa shape index (κ1) is 12.4. The van der Waals surface area contributed by atoms with E-state index in [1.165, 1.54) is 10.6 Å². The second-order valence-electron chi connectivity index (χ2n) is 4.71. The minimum Gasteiger partial charge on any atom is -0.306 e. The topological polar surface area (TPSA) is 44.7 Å². The molecule has 0 saturated heterocycles. The van der Waals surface area contributed by atoms with E-state index in [0.717, 1.165) is 17.0 Å². The molecular formula is C16H15N3O. The van der Waals surface area contributed by atoms with Crippen LogP contribution in [-0.4, -0.2) is 23.8 Å². The number of anilines is 1. The summed E-state index contributed by atoms with van der Waals surface area (Å²) >= 11 is 0. The molecule has 0 radical (unpaired) electrons. The van der Waals surface area contributed by atoms with Crippen molar-refractivity contribution in [1.82, 2.24) is 5.01 Å². The first-order chi connectivity index (χ1) is 9.74. The van der Waals surface area contributed by atoms with E-state index in [4.69, 9.17) is 0 Å². The summed E-state index contributed by atoms with van der Waals surface area (Å²) in [5.74, 6) is 0. The van der Waals surface area contributed by atoms with Gasteiger partial charge in [-0.05, 0) is 11.6 Å². The number of benzene rings is 2. The molecule has 2 aromatic carbocycles. The van der Waals surface area contributed by atoms with Crippen LogP contribution >= 0.6 is 0 Å². The molecule has 1 N–H and O–H groups in total. The molecule has 20 heavy (non-hydrogen) atoms. The maximum absolute atomic E-state index is 11.9. The van der Waals surface area contributed by atoms with Crippen LogP contribution in [0, 0.1) is 0 Å². The molecule has 2 amide bonds. The van der Waals surface area contributed by atoms with Crippen LogP contribution in [0.4, 0.5) is 10.5 Å². The Morgan fingerprint density at radius 3 is 2.55 bits per heavy atom. The summed E-state index contributed by atoms with van der Waals surface area (Å²) < 4.78 is 0. The van der Waals surface area contributed by atoms with Crippen LogP contribution in [0.5, 0.6) is 0 Å². The van der Waals surface area contributed by atoms with Gasteiger partial charge >= 0.3 is 6.03 Å². The van der Waals surface area contributed by atoms with Crippen molar-refractivity contribution in [2.75, 3.05) is 12.4 Å². The van der Waals surface area contributed by atoms with E-state index < -0.39 is 0 Å². The fourth-order valence-electron chi connectivity index (χ4n) is 2.24. The van der Waals surface area contributed by atoms with Gasteiger partial charge in [0.15, 0.2) is 0 Å². The highest BCUT2D eigenvalue weighted by Gasteiger charge is 2.19. The molecule has 0 aliphatic carbocycles. The third-order valence-corrected chi connectivity index (χ3v) is 3.26. The van der Waals surface area contributed by atoms with Gasteiger partial charge in [0.05, 0.1) is 11.4 Å². The van der Waals surface area contributed by atoms with Crippen molar-refractivity contribution in [3.8, 4) is 0 Å². The fourth-order valence-corrected chi connectivity index (χ4v) is 2.24. The van der Waals surface area contributed by atoms with Gasteiger partial charge in [-0.15, -0.1) is 0 Å². The Labute approximate surface area is 117 Å². The van der Waals surface area contributed by atoms with Crippen molar-refractivity contribution in [2.24, 2.45) is 5.10 Å². The Morgan fingerprint density at radius 1 is 1.05 bits per heavy atom. The van der Waals surface area contributed by atoms with Crippen molar-refractivity contribution in [2.45, 2.75) is 6.42 Å². The van der Waals surface area contributed by atoms with Crippen molar-refractivity contribution < 1.29 is 4.79 Å². The van der Waals surface area contributed by atoms with Crippen LogP contribution in [0.25, 0.3) is 0 Å². The summed E-state index contributed by atoms with van der Waals surface area (Å²) in [6, 6.07) is 17.6. The maximum atomic E-state index is 11.9. The third kappa shape index (κ3) is 2.40. The second-order valence-corrected chi connectivity index (χ2v) is 4.71. The number of fused-ring (bicyclic) bond motifs is 1. The number of rotatable bonds is 2. The summed E-state index contributed by atoms with van der Waals surface area (Å²) in [4.78, 5) is 11.9. The number of nitrogens with zero attached hydrogens (tertiary/aromatic N) is 2. The number of hydrogen-bond donors (Lipinski definition) is 1. The lowest BCUT2D eigenvalue weighted by molar-refractivity contribution is 0.224. The van der Waals surface area contributed by atoms with Gasteiger partial charge < -0.3 is 5.32 Å². The molecule has 2 aromatic rings. The first-order valence-corrected chi connectivity index (χ1v) is 6.49. The molecule has 3 rings (SSSR count). The van der Waals surface area contributed by atoms with Crippen molar-refractivity contribution in [3.63, 3.8) is 0 Å². The quantitative estimate of drug-likeness (QED) is 0.891. The molecule has 0 bridgehead atoms. The molecular weight excluding hydrogens is 250 g/mol. The van der Waals surface area contributed by atoms with E-state index in [-0.39, 0.29) is 6.03 Å². The zero-order valence-corrected chi connectivity index (χ0v) is 11.2. The van der Waals surface area contributed by atoms with E-state index in [2.05, 4.69) is 22.6 Å². The van der Waals surface area contributed by atoms with Crippen LogP contribution in [0.15, 0.2) is 59.7 Å². The van der Waals surface area contributed by atoms with Gasteiger partial charge in [0.2, 0.25) is 0 Å². The Hall–Kier alpha value is -2.62. The van der Waals surface area contributed by atoms with Gasteiger partial charge in [0, 0.05) is 19.0 Å². The molecule has 0 atom stereocenters. The average molecular weight is 265 g/mol. The van der Waals surface area contributed by atoms with Crippen LogP contribution < -0.4 is 5.32 Å². The van der Waals surface area contributed by atoms with E-state index in [0.29, 0.717) is 6.42 Å². The van der Waals surface area contributed by atoms with Crippen LogP contribution in [-0.2, 0) is 6.42 Å². The van der Waals surface area contributed by atoms with E-state index in [9.17, 15) is 4.79 Å². The predicted molar refractivity (Wildman–Crippen MR) is 79.9 cm³/mol. The third-order valence-electron chi connectivity index (χ3n) is 3.26. The summed E-state index contributed by atoms with van der Waals surface area (Å²) in [6.45, 7) is 0. The summed E-state index contributed by atoms with van der Waals surface area (Å²) in [7, 11) is 1.66. The molecule has 0 saturated carbocycles. The zero-order valence-electron chi connectivity index (χ0n) is 11.2. The van der Waals surface area contributed by atoms with Crippen LogP contribution in [0.2, 0.25) is 0 Å². The molecule has 0 aromatic heterocycles. The highest BCUT2D eigenvalue weighted by atomic mass is 16.2. The molecule has 1 aliphatic rings. The number of amides is 2. The van der Waals surface area contributed by atoms with E-state index in [1.54, 1.807) is 7.05 Å². The Morgan fingerprint density at radius 2 is 1.75 bits per heavy atom. The molecule has 0 spiro atoms.